The van der Waals surface area contributed by atoms with Crippen LogP contribution in [0.2, 0.25) is 5.02 Å². The zero-order valence-corrected chi connectivity index (χ0v) is 14.0. The predicted molar refractivity (Wildman–Crippen MR) is 87.1 cm³/mol. The fourth-order valence-corrected chi connectivity index (χ4v) is 3.62. The van der Waals surface area contributed by atoms with Crippen LogP contribution in [0.15, 0.2) is 18.2 Å². The van der Waals surface area contributed by atoms with Crippen molar-refractivity contribution in [2.75, 3.05) is 26.7 Å². The van der Waals surface area contributed by atoms with Crippen LogP contribution in [-0.2, 0) is 0 Å². The van der Waals surface area contributed by atoms with Gasteiger partial charge in [-0.05, 0) is 37.0 Å². The number of β-amino-alcohol motifs (C(OH)–C–C–N with tert-alkyl or cyclic N) is 1. The molecule has 1 aromatic rings. The third kappa shape index (κ3) is 3.52. The van der Waals surface area contributed by atoms with Crippen molar-refractivity contribution in [2.24, 2.45) is 5.92 Å². The molecule has 2 fully saturated rings. The zero-order chi connectivity index (χ0) is 16.6. The zero-order valence-electron chi connectivity index (χ0n) is 13.2. The lowest BCUT2D eigenvalue weighted by atomic mass is 9.78. The number of carbonyl (C=O) groups excluding carboxylic acids is 1. The van der Waals surface area contributed by atoms with Gasteiger partial charge in [-0.3, -0.25) is 9.69 Å². The third-order valence-electron chi connectivity index (χ3n) is 5.06. The minimum atomic E-state index is -0.445. The predicted octanol–water partition coefficient (Wildman–Crippen LogP) is 2.40. The second-order valence-corrected chi connectivity index (χ2v) is 7.08. The summed E-state index contributed by atoms with van der Waals surface area (Å²) in [7, 11) is 1.79. The van der Waals surface area contributed by atoms with Gasteiger partial charge in [0.1, 0.15) is 5.82 Å². The summed E-state index contributed by atoms with van der Waals surface area (Å²) in [5.74, 6) is -0.131. The van der Waals surface area contributed by atoms with Crippen LogP contribution in [0.5, 0.6) is 0 Å². The van der Waals surface area contributed by atoms with Gasteiger partial charge in [-0.15, -0.1) is 0 Å². The molecule has 1 amide bonds. The van der Waals surface area contributed by atoms with Crippen molar-refractivity contribution in [2.45, 2.75) is 31.4 Å². The summed E-state index contributed by atoms with van der Waals surface area (Å²) in [6.07, 6.45) is 3.19. The number of carbonyl (C=O) groups is 1. The van der Waals surface area contributed by atoms with Gasteiger partial charge in [0.15, 0.2) is 0 Å². The molecule has 3 rings (SSSR count). The van der Waals surface area contributed by atoms with Gasteiger partial charge in [-0.2, -0.15) is 0 Å². The maximum absolute atomic E-state index is 13.2. The number of likely N-dealkylation sites (N-methyl/N-ethyl adjacent to an activating group) is 1. The molecule has 0 radical (unpaired) electrons. The molecule has 1 aliphatic heterocycles. The third-order valence-corrected chi connectivity index (χ3v) is 5.37. The summed E-state index contributed by atoms with van der Waals surface area (Å²) < 4.78 is 13.2. The first-order chi connectivity index (χ1) is 11.0. The molecular formula is C17H22ClFN2O2. The quantitative estimate of drug-likeness (QED) is 0.895. The van der Waals surface area contributed by atoms with Crippen LogP contribution in [0, 0.1) is 11.7 Å². The van der Waals surface area contributed by atoms with Gasteiger partial charge in [0.2, 0.25) is 0 Å². The first-order valence-electron chi connectivity index (χ1n) is 8.08. The van der Waals surface area contributed by atoms with E-state index in [1.807, 2.05) is 0 Å². The molecule has 2 aliphatic rings. The number of benzene rings is 1. The highest BCUT2D eigenvalue weighted by molar-refractivity contribution is 6.33. The molecule has 6 heteroatoms. The van der Waals surface area contributed by atoms with E-state index in [2.05, 4.69) is 4.90 Å². The minimum absolute atomic E-state index is 0.102. The standard InChI is InChI=1S/C17H22ClFN2O2/c1-20(17(23)14-6-5-12(19)7-15(14)18)16(11-3-2-4-11)10-21-8-13(22)9-21/h5-7,11,13,16,22H,2-4,8-10H2,1H3/t16-/m1/s1. The molecule has 0 bridgehead atoms. The van der Waals surface area contributed by atoms with E-state index in [0.717, 1.165) is 19.4 Å². The van der Waals surface area contributed by atoms with E-state index < -0.39 is 5.82 Å². The molecule has 1 aromatic carbocycles. The Kier molecular flexibility index (Phi) is 4.90. The van der Waals surface area contributed by atoms with E-state index in [1.54, 1.807) is 11.9 Å². The van der Waals surface area contributed by atoms with Crippen LogP contribution in [0.4, 0.5) is 4.39 Å². The number of aliphatic hydroxyl groups excluding tert-OH is 1. The van der Waals surface area contributed by atoms with Crippen LogP contribution in [-0.4, -0.2) is 59.6 Å². The van der Waals surface area contributed by atoms with Crippen molar-refractivity contribution in [3.05, 3.63) is 34.6 Å². The van der Waals surface area contributed by atoms with E-state index in [1.165, 1.54) is 24.6 Å². The van der Waals surface area contributed by atoms with Crippen LogP contribution in [0.25, 0.3) is 0 Å². The molecule has 1 atom stereocenters. The molecule has 126 valence electrons. The Morgan fingerprint density at radius 1 is 1.48 bits per heavy atom. The fraction of sp³-hybridized carbons (Fsp3) is 0.588. The Bertz CT molecular complexity index is 588. The number of likely N-dealkylation sites (tertiary alicyclic amines) is 1. The molecule has 0 spiro atoms. The molecule has 23 heavy (non-hydrogen) atoms. The van der Waals surface area contributed by atoms with Crippen molar-refractivity contribution in [1.29, 1.82) is 0 Å². The average molecular weight is 341 g/mol. The second kappa shape index (κ2) is 6.75. The number of amides is 1. The summed E-state index contributed by atoms with van der Waals surface area (Å²) in [5, 5.41) is 9.60. The van der Waals surface area contributed by atoms with Crippen molar-refractivity contribution in [3.63, 3.8) is 0 Å². The first-order valence-corrected chi connectivity index (χ1v) is 8.46. The van der Waals surface area contributed by atoms with E-state index in [9.17, 15) is 14.3 Å². The van der Waals surface area contributed by atoms with Crippen LogP contribution in [0.1, 0.15) is 29.6 Å². The maximum Gasteiger partial charge on any atom is 0.255 e. The largest absolute Gasteiger partial charge is 0.390 e. The highest BCUT2D eigenvalue weighted by Crippen LogP contribution is 2.34. The van der Waals surface area contributed by atoms with E-state index >= 15 is 0 Å². The van der Waals surface area contributed by atoms with Gasteiger partial charge >= 0.3 is 0 Å². The summed E-state index contributed by atoms with van der Waals surface area (Å²) in [5.41, 5.74) is 0.337. The molecule has 1 saturated carbocycles. The van der Waals surface area contributed by atoms with Gasteiger partial charge in [0, 0.05) is 32.7 Å². The average Bonchev–Trinajstić information content (AvgIpc) is 2.41. The fourth-order valence-electron chi connectivity index (χ4n) is 3.37. The van der Waals surface area contributed by atoms with Gasteiger partial charge in [0.25, 0.3) is 5.91 Å². The van der Waals surface area contributed by atoms with Crippen molar-refractivity contribution in [3.8, 4) is 0 Å². The number of aliphatic hydroxyl groups is 1. The molecule has 1 aliphatic carbocycles. The summed E-state index contributed by atoms with van der Waals surface area (Å²) in [6.45, 7) is 2.11. The monoisotopic (exact) mass is 340 g/mol. The van der Waals surface area contributed by atoms with E-state index in [0.29, 0.717) is 24.6 Å². The number of hydrogen-bond donors (Lipinski definition) is 1. The molecule has 1 saturated heterocycles. The summed E-state index contributed by atoms with van der Waals surface area (Å²) in [4.78, 5) is 16.7. The van der Waals surface area contributed by atoms with Gasteiger partial charge in [-0.1, -0.05) is 18.0 Å². The lowest BCUT2D eigenvalue weighted by Gasteiger charge is -2.45. The molecule has 1 N–H and O–H groups in total. The van der Waals surface area contributed by atoms with Crippen LogP contribution < -0.4 is 0 Å². The highest BCUT2D eigenvalue weighted by atomic mass is 35.5. The van der Waals surface area contributed by atoms with E-state index in [4.69, 9.17) is 11.6 Å². The van der Waals surface area contributed by atoms with E-state index in [-0.39, 0.29) is 23.1 Å². The Morgan fingerprint density at radius 3 is 2.70 bits per heavy atom. The Morgan fingerprint density at radius 2 is 2.17 bits per heavy atom. The topological polar surface area (TPSA) is 43.8 Å². The molecule has 1 heterocycles. The minimum Gasteiger partial charge on any atom is -0.390 e. The molecule has 4 nitrogen and oxygen atoms in total. The van der Waals surface area contributed by atoms with Crippen molar-refractivity contribution in [1.82, 2.24) is 9.80 Å². The van der Waals surface area contributed by atoms with Crippen molar-refractivity contribution >= 4 is 17.5 Å². The number of halogens is 2. The summed E-state index contributed by atoms with van der Waals surface area (Å²) in [6, 6.07) is 3.98. The SMILES string of the molecule is CN(C(=O)c1ccc(F)cc1Cl)[C@H](CN1CC(O)C1)C1CCC1. The van der Waals surface area contributed by atoms with Crippen LogP contribution >= 0.6 is 11.6 Å². The lowest BCUT2D eigenvalue weighted by Crippen LogP contribution is -2.58. The summed E-state index contributed by atoms with van der Waals surface area (Å²) >= 11 is 6.03. The molecular weight excluding hydrogens is 319 g/mol. The van der Waals surface area contributed by atoms with Gasteiger partial charge < -0.3 is 10.0 Å². The second-order valence-electron chi connectivity index (χ2n) is 6.67. The van der Waals surface area contributed by atoms with Gasteiger partial charge in [0.05, 0.1) is 16.7 Å². The maximum atomic E-state index is 13.2. The Hall–Kier alpha value is -1.17. The smallest absolute Gasteiger partial charge is 0.255 e. The Labute approximate surface area is 140 Å². The highest BCUT2D eigenvalue weighted by Gasteiger charge is 2.37. The first kappa shape index (κ1) is 16.7. The number of nitrogens with zero attached hydrogens (tertiary/aromatic N) is 2. The normalized spacial score (nSPS) is 20.7. The number of hydrogen-bond acceptors (Lipinski definition) is 3. The van der Waals surface area contributed by atoms with Crippen LogP contribution in [0.3, 0.4) is 0 Å². The molecule has 0 aromatic heterocycles. The molecule has 0 unspecified atom stereocenters. The number of rotatable bonds is 5. The van der Waals surface area contributed by atoms with Gasteiger partial charge in [-0.25, -0.2) is 4.39 Å². The Balaban J connectivity index is 1.73. The van der Waals surface area contributed by atoms with Crippen molar-refractivity contribution < 1.29 is 14.3 Å². The lowest BCUT2D eigenvalue weighted by molar-refractivity contribution is -0.0223.